The molecule has 1 aromatic heterocycles. The number of benzene rings is 1. The lowest BCUT2D eigenvalue weighted by Crippen LogP contribution is -2.24. The minimum atomic E-state index is -0.666. The van der Waals surface area contributed by atoms with E-state index >= 15 is 4.39 Å². The van der Waals surface area contributed by atoms with Gasteiger partial charge in [0.2, 0.25) is 0 Å². The maximum absolute atomic E-state index is 15.3. The van der Waals surface area contributed by atoms with Crippen molar-refractivity contribution in [3.8, 4) is 11.1 Å². The molecule has 2 aliphatic rings. The normalized spacial score (nSPS) is 22.5. The van der Waals surface area contributed by atoms with Crippen molar-refractivity contribution >= 4 is 29.0 Å². The predicted molar refractivity (Wildman–Crippen MR) is 106 cm³/mol. The van der Waals surface area contributed by atoms with E-state index < -0.39 is 11.7 Å². The summed E-state index contributed by atoms with van der Waals surface area (Å²) in [4.78, 5) is 18.2. The number of fused-ring (bicyclic) bond motifs is 2. The van der Waals surface area contributed by atoms with Gasteiger partial charge in [-0.15, -0.1) is 0 Å². The molecule has 1 aromatic carbocycles. The van der Waals surface area contributed by atoms with Gasteiger partial charge in [-0.05, 0) is 24.5 Å². The van der Waals surface area contributed by atoms with Crippen molar-refractivity contribution in [2.75, 3.05) is 31.7 Å². The highest BCUT2D eigenvalue weighted by Gasteiger charge is 2.59. The quantitative estimate of drug-likeness (QED) is 0.782. The van der Waals surface area contributed by atoms with E-state index in [1.165, 1.54) is 4.90 Å². The van der Waals surface area contributed by atoms with E-state index in [0.29, 0.717) is 16.5 Å². The van der Waals surface area contributed by atoms with Gasteiger partial charge in [-0.25, -0.2) is 9.37 Å². The molecular weight excluding hydrogens is 367 g/mol. The lowest BCUT2D eigenvalue weighted by Gasteiger charge is -2.17. The molecule has 0 radical (unpaired) electrons. The second-order valence-corrected chi connectivity index (χ2v) is 8.00. The smallest absolute Gasteiger partial charge is 0.258 e. The van der Waals surface area contributed by atoms with Gasteiger partial charge in [0.15, 0.2) is 0 Å². The molecule has 142 valence electrons. The third-order valence-corrected chi connectivity index (χ3v) is 6.29. The molecule has 27 heavy (non-hydrogen) atoms. The van der Waals surface area contributed by atoms with Crippen molar-refractivity contribution in [1.29, 1.82) is 0 Å². The number of amides is 1. The summed E-state index contributed by atoms with van der Waals surface area (Å²) < 4.78 is 15.3. The second-order valence-electron chi connectivity index (χ2n) is 7.62. The monoisotopic (exact) mass is 388 g/mol. The second kappa shape index (κ2) is 6.09. The molecule has 2 aromatic rings. The van der Waals surface area contributed by atoms with Crippen LogP contribution >= 0.6 is 11.6 Å². The first-order valence-corrected chi connectivity index (χ1v) is 9.42. The lowest BCUT2D eigenvalue weighted by atomic mass is 9.92. The molecule has 1 spiro atoms. The number of nitrogens with zero attached hydrogens (tertiary/aromatic N) is 2. The minimum absolute atomic E-state index is 0.00323. The van der Waals surface area contributed by atoms with Crippen LogP contribution < -0.4 is 11.1 Å². The summed E-state index contributed by atoms with van der Waals surface area (Å²) in [7, 11) is 3.12. The Morgan fingerprint density at radius 3 is 2.81 bits per heavy atom. The first-order valence-electron chi connectivity index (χ1n) is 9.04. The zero-order valence-corrected chi connectivity index (χ0v) is 16.3. The van der Waals surface area contributed by atoms with E-state index in [-0.39, 0.29) is 22.2 Å². The Hall–Kier alpha value is -2.34. The number of nitrogens with two attached hydrogens (primary N) is 1. The number of pyridine rings is 1. The maximum atomic E-state index is 15.3. The number of hydrogen-bond acceptors (Lipinski definition) is 4. The number of rotatable bonds is 3. The molecule has 1 aliphatic heterocycles. The first-order chi connectivity index (χ1) is 12.8. The van der Waals surface area contributed by atoms with Crippen LogP contribution in [0.3, 0.4) is 0 Å². The fourth-order valence-corrected chi connectivity index (χ4v) is 4.70. The average Bonchev–Trinajstić information content (AvgIpc) is 3.21. The summed E-state index contributed by atoms with van der Waals surface area (Å²) in [6, 6.07) is 3.10. The van der Waals surface area contributed by atoms with E-state index in [2.05, 4.69) is 17.2 Å². The molecule has 1 aliphatic carbocycles. The Labute approximate surface area is 162 Å². The van der Waals surface area contributed by atoms with Crippen LogP contribution in [0.4, 0.5) is 15.9 Å². The zero-order valence-electron chi connectivity index (χ0n) is 15.6. The molecule has 4 rings (SSSR count). The van der Waals surface area contributed by atoms with Gasteiger partial charge in [-0.3, -0.25) is 4.79 Å². The number of nitrogens with one attached hydrogen (secondary N) is 1. The number of aromatic nitrogens is 1. The van der Waals surface area contributed by atoms with Crippen LogP contribution in [0.15, 0.2) is 18.3 Å². The van der Waals surface area contributed by atoms with E-state index in [1.807, 2.05) is 0 Å². The maximum Gasteiger partial charge on any atom is 0.258 e. The number of nitrogen functional groups attached to an aromatic ring is 1. The molecule has 0 saturated heterocycles. The van der Waals surface area contributed by atoms with Crippen molar-refractivity contribution in [2.24, 2.45) is 5.92 Å². The largest absolute Gasteiger partial charge is 0.398 e. The van der Waals surface area contributed by atoms with Crippen LogP contribution in [0.1, 0.15) is 35.7 Å². The van der Waals surface area contributed by atoms with Crippen molar-refractivity contribution in [1.82, 2.24) is 9.88 Å². The van der Waals surface area contributed by atoms with Crippen molar-refractivity contribution in [3.63, 3.8) is 0 Å². The van der Waals surface area contributed by atoms with Crippen LogP contribution in [-0.4, -0.2) is 36.4 Å². The molecule has 1 fully saturated rings. The Balaban J connectivity index is 1.87. The third kappa shape index (κ3) is 2.50. The lowest BCUT2D eigenvalue weighted by molar-refractivity contribution is 0.0824. The number of halogens is 2. The van der Waals surface area contributed by atoms with Gasteiger partial charge >= 0.3 is 0 Å². The van der Waals surface area contributed by atoms with E-state index in [1.54, 1.807) is 32.4 Å². The highest BCUT2D eigenvalue weighted by atomic mass is 35.5. The fraction of sp³-hybridized carbons (Fsp3) is 0.400. The summed E-state index contributed by atoms with van der Waals surface area (Å²) in [5, 5.41) is 3.84. The first kappa shape index (κ1) is 18.0. The van der Waals surface area contributed by atoms with Crippen LogP contribution in [0, 0.1) is 11.7 Å². The SMILES string of the molecule is CCC1CC12CNc1ncc(-c3ccc(N)c(C(=O)N(C)C)c3F)c(Cl)c12. The van der Waals surface area contributed by atoms with Gasteiger partial charge in [0.05, 0.1) is 10.6 Å². The Kier molecular flexibility index (Phi) is 4.07. The molecule has 2 heterocycles. The Bertz CT molecular complexity index is 961. The summed E-state index contributed by atoms with van der Waals surface area (Å²) in [6.45, 7) is 2.98. The van der Waals surface area contributed by atoms with Crippen molar-refractivity contribution in [2.45, 2.75) is 25.2 Å². The molecule has 5 nitrogen and oxygen atoms in total. The van der Waals surface area contributed by atoms with Crippen LogP contribution in [0.25, 0.3) is 11.1 Å². The third-order valence-electron chi connectivity index (χ3n) is 5.89. The van der Waals surface area contributed by atoms with Crippen LogP contribution in [0.2, 0.25) is 5.02 Å². The zero-order chi connectivity index (χ0) is 19.5. The molecule has 2 atom stereocenters. The number of carbonyl (C=O) groups is 1. The molecule has 7 heteroatoms. The molecule has 1 amide bonds. The van der Waals surface area contributed by atoms with Gasteiger partial charge in [0.1, 0.15) is 11.6 Å². The highest BCUT2D eigenvalue weighted by molar-refractivity contribution is 6.34. The minimum Gasteiger partial charge on any atom is -0.398 e. The van der Waals surface area contributed by atoms with Crippen LogP contribution in [0.5, 0.6) is 0 Å². The summed E-state index contributed by atoms with van der Waals surface area (Å²) in [6.07, 6.45) is 3.69. The van der Waals surface area contributed by atoms with Gasteiger partial charge in [0, 0.05) is 54.6 Å². The fourth-order valence-electron chi connectivity index (χ4n) is 4.27. The molecular formula is C20H22ClFN4O. The van der Waals surface area contributed by atoms with Gasteiger partial charge in [-0.1, -0.05) is 24.9 Å². The van der Waals surface area contributed by atoms with Gasteiger partial charge in [0.25, 0.3) is 5.91 Å². The number of anilines is 2. The molecule has 2 unspecified atom stereocenters. The topological polar surface area (TPSA) is 71.2 Å². The summed E-state index contributed by atoms with van der Waals surface area (Å²) in [5.41, 5.74) is 7.55. The summed E-state index contributed by atoms with van der Waals surface area (Å²) in [5.74, 6) is 0.187. The highest BCUT2D eigenvalue weighted by Crippen LogP contribution is 2.62. The van der Waals surface area contributed by atoms with E-state index in [0.717, 1.165) is 30.8 Å². The molecule has 1 saturated carbocycles. The van der Waals surface area contributed by atoms with Gasteiger partial charge < -0.3 is 16.0 Å². The Morgan fingerprint density at radius 2 is 2.19 bits per heavy atom. The standard InChI is InChI=1S/C20H22ClFN4O/c1-4-10-7-20(10)9-25-18-15(20)16(21)12(8-24-18)11-5-6-13(23)14(17(11)22)19(27)26(2)3/h5-6,8,10H,4,7,9,23H2,1-3H3,(H,24,25). The van der Waals surface area contributed by atoms with Crippen molar-refractivity contribution in [3.05, 3.63) is 40.3 Å². The molecule has 0 bridgehead atoms. The van der Waals surface area contributed by atoms with Gasteiger partial charge in [-0.2, -0.15) is 0 Å². The predicted octanol–water partition coefficient (Wildman–Crippen LogP) is 3.92. The Morgan fingerprint density at radius 1 is 1.44 bits per heavy atom. The number of carbonyl (C=O) groups excluding carboxylic acids is 1. The summed E-state index contributed by atoms with van der Waals surface area (Å²) >= 11 is 6.77. The van der Waals surface area contributed by atoms with E-state index in [9.17, 15) is 4.79 Å². The van der Waals surface area contributed by atoms with Crippen LogP contribution in [-0.2, 0) is 5.41 Å². The van der Waals surface area contributed by atoms with Crippen molar-refractivity contribution < 1.29 is 9.18 Å². The average molecular weight is 389 g/mol. The van der Waals surface area contributed by atoms with E-state index in [4.69, 9.17) is 17.3 Å². The number of hydrogen-bond donors (Lipinski definition) is 2. The molecule has 3 N–H and O–H groups in total.